The van der Waals surface area contributed by atoms with E-state index in [0.29, 0.717) is 13.2 Å². The molecule has 0 aliphatic heterocycles. The minimum Gasteiger partial charge on any atom is -0.483 e. The van der Waals surface area contributed by atoms with Crippen molar-refractivity contribution in [2.75, 3.05) is 0 Å². The lowest BCUT2D eigenvalue weighted by Gasteiger charge is -2.03. The van der Waals surface area contributed by atoms with Gasteiger partial charge in [-0.25, -0.2) is 4.98 Å². The highest BCUT2D eigenvalue weighted by Gasteiger charge is 2.04. The number of nitrogens with zero attached hydrogens (tertiary/aromatic N) is 3. The second-order valence-corrected chi connectivity index (χ2v) is 5.57. The molecule has 2 aromatic heterocycles. The van der Waals surface area contributed by atoms with E-state index in [1.807, 2.05) is 35.8 Å². The van der Waals surface area contributed by atoms with E-state index in [9.17, 15) is 0 Å². The first-order valence-electron chi connectivity index (χ1n) is 6.08. The second-order valence-electron chi connectivity index (χ2n) is 4.18. The van der Waals surface area contributed by atoms with E-state index in [-0.39, 0.29) is 0 Å². The maximum absolute atomic E-state index is 6.13. The van der Waals surface area contributed by atoms with Crippen LogP contribution in [0.15, 0.2) is 48.2 Å². The van der Waals surface area contributed by atoms with Crippen molar-refractivity contribution in [1.82, 2.24) is 14.8 Å². The van der Waals surface area contributed by atoms with Crippen LogP contribution in [0.4, 0.5) is 0 Å². The summed E-state index contributed by atoms with van der Waals surface area (Å²) in [6.07, 6.45) is 5.32. The summed E-state index contributed by atoms with van der Waals surface area (Å²) in [4.78, 5) is 4.17. The SMILES string of the molecule is Clc1ccccc1Cn1cc(OCc2nccs2)cn1. The van der Waals surface area contributed by atoms with Gasteiger partial charge in [-0.3, -0.25) is 4.68 Å². The molecule has 0 N–H and O–H groups in total. The Hall–Kier alpha value is -1.85. The predicted octanol–water partition coefficient (Wildman–Crippen LogP) is 3.62. The maximum atomic E-state index is 6.13. The van der Waals surface area contributed by atoms with Gasteiger partial charge in [-0.05, 0) is 11.6 Å². The van der Waals surface area contributed by atoms with Crippen LogP contribution >= 0.6 is 22.9 Å². The minimum atomic E-state index is 0.468. The van der Waals surface area contributed by atoms with Crippen molar-refractivity contribution in [3.8, 4) is 5.75 Å². The Morgan fingerprint density at radius 2 is 2.20 bits per heavy atom. The van der Waals surface area contributed by atoms with Crippen LogP contribution in [-0.4, -0.2) is 14.8 Å². The number of hydrogen-bond acceptors (Lipinski definition) is 4. The quantitative estimate of drug-likeness (QED) is 0.723. The molecule has 0 radical (unpaired) electrons. The highest BCUT2D eigenvalue weighted by molar-refractivity contribution is 7.09. The zero-order valence-electron chi connectivity index (χ0n) is 10.6. The van der Waals surface area contributed by atoms with E-state index in [4.69, 9.17) is 16.3 Å². The van der Waals surface area contributed by atoms with E-state index < -0.39 is 0 Å². The average Bonchev–Trinajstić information content (AvgIpc) is 3.10. The molecule has 20 heavy (non-hydrogen) atoms. The summed E-state index contributed by atoms with van der Waals surface area (Å²) >= 11 is 7.70. The fourth-order valence-electron chi connectivity index (χ4n) is 1.78. The van der Waals surface area contributed by atoms with Crippen molar-refractivity contribution >= 4 is 22.9 Å². The van der Waals surface area contributed by atoms with Crippen LogP contribution in [0.1, 0.15) is 10.6 Å². The molecule has 1 aromatic carbocycles. The topological polar surface area (TPSA) is 39.9 Å². The standard InChI is InChI=1S/C14H12ClN3OS/c15-13-4-2-1-3-11(13)8-18-9-12(7-17-18)19-10-14-16-5-6-20-14/h1-7,9H,8,10H2. The molecule has 0 atom stereocenters. The van der Waals surface area contributed by atoms with E-state index in [2.05, 4.69) is 10.1 Å². The normalized spacial score (nSPS) is 10.7. The number of aromatic nitrogens is 3. The van der Waals surface area contributed by atoms with Crippen molar-refractivity contribution in [3.05, 3.63) is 63.8 Å². The van der Waals surface area contributed by atoms with Crippen LogP contribution in [0.3, 0.4) is 0 Å². The molecule has 3 aromatic rings. The first-order chi connectivity index (χ1) is 9.81. The minimum absolute atomic E-state index is 0.468. The lowest BCUT2D eigenvalue weighted by atomic mass is 10.2. The van der Waals surface area contributed by atoms with E-state index >= 15 is 0 Å². The van der Waals surface area contributed by atoms with Crippen LogP contribution in [-0.2, 0) is 13.2 Å². The Bertz CT molecular complexity index is 681. The molecule has 0 saturated heterocycles. The Labute approximate surface area is 125 Å². The van der Waals surface area contributed by atoms with Gasteiger partial charge in [-0.1, -0.05) is 29.8 Å². The maximum Gasteiger partial charge on any atom is 0.157 e. The third kappa shape index (κ3) is 3.18. The number of halogens is 1. The lowest BCUT2D eigenvalue weighted by Crippen LogP contribution is -2.00. The average molecular weight is 306 g/mol. The van der Waals surface area contributed by atoms with Gasteiger partial charge in [0.15, 0.2) is 5.75 Å². The molecule has 0 aliphatic rings. The molecule has 102 valence electrons. The summed E-state index contributed by atoms with van der Waals surface area (Å²) in [5.41, 5.74) is 1.03. The number of hydrogen-bond donors (Lipinski definition) is 0. The Morgan fingerprint density at radius 1 is 1.30 bits per heavy atom. The molecule has 0 amide bonds. The monoisotopic (exact) mass is 305 g/mol. The smallest absolute Gasteiger partial charge is 0.157 e. The van der Waals surface area contributed by atoms with Crippen LogP contribution in [0.5, 0.6) is 5.75 Å². The van der Waals surface area contributed by atoms with Gasteiger partial charge in [0, 0.05) is 16.6 Å². The Morgan fingerprint density at radius 3 is 3.00 bits per heavy atom. The molecule has 0 unspecified atom stereocenters. The fourth-order valence-corrected chi connectivity index (χ4v) is 2.50. The summed E-state index contributed by atoms with van der Waals surface area (Å²) in [6, 6.07) is 7.74. The van der Waals surface area contributed by atoms with Gasteiger partial charge in [0.05, 0.1) is 18.9 Å². The van der Waals surface area contributed by atoms with E-state index in [1.54, 1.807) is 28.4 Å². The molecular weight excluding hydrogens is 294 g/mol. The molecule has 0 spiro atoms. The Balaban J connectivity index is 1.63. The van der Waals surface area contributed by atoms with Gasteiger partial charge in [0.2, 0.25) is 0 Å². The molecular formula is C14H12ClN3OS. The van der Waals surface area contributed by atoms with Crippen LogP contribution < -0.4 is 4.74 Å². The van der Waals surface area contributed by atoms with Crippen LogP contribution in [0.2, 0.25) is 5.02 Å². The predicted molar refractivity (Wildman–Crippen MR) is 79.2 cm³/mol. The van der Waals surface area contributed by atoms with Crippen molar-refractivity contribution in [2.24, 2.45) is 0 Å². The lowest BCUT2D eigenvalue weighted by molar-refractivity contribution is 0.305. The van der Waals surface area contributed by atoms with E-state index in [0.717, 1.165) is 21.3 Å². The molecule has 2 heterocycles. The zero-order chi connectivity index (χ0) is 13.8. The van der Waals surface area contributed by atoms with Gasteiger partial charge in [-0.2, -0.15) is 5.10 Å². The van der Waals surface area contributed by atoms with Gasteiger partial charge >= 0.3 is 0 Å². The zero-order valence-corrected chi connectivity index (χ0v) is 12.1. The third-order valence-electron chi connectivity index (χ3n) is 2.75. The number of ether oxygens (including phenoxy) is 1. The molecule has 0 saturated carbocycles. The van der Waals surface area contributed by atoms with Crippen LogP contribution in [0, 0.1) is 0 Å². The first-order valence-corrected chi connectivity index (χ1v) is 7.34. The highest BCUT2D eigenvalue weighted by Crippen LogP contribution is 2.18. The summed E-state index contributed by atoms with van der Waals surface area (Å²) < 4.78 is 7.43. The van der Waals surface area contributed by atoms with Crippen molar-refractivity contribution in [2.45, 2.75) is 13.2 Å². The highest BCUT2D eigenvalue weighted by atomic mass is 35.5. The van der Waals surface area contributed by atoms with Gasteiger partial charge < -0.3 is 4.74 Å². The first kappa shape index (κ1) is 13.1. The summed E-state index contributed by atoms with van der Waals surface area (Å²) in [5.74, 6) is 0.729. The number of benzene rings is 1. The van der Waals surface area contributed by atoms with Crippen LogP contribution in [0.25, 0.3) is 0 Å². The molecule has 0 bridgehead atoms. The third-order valence-corrected chi connectivity index (χ3v) is 3.87. The fraction of sp³-hybridized carbons (Fsp3) is 0.143. The molecule has 3 rings (SSSR count). The van der Waals surface area contributed by atoms with Gasteiger partial charge in [0.25, 0.3) is 0 Å². The Kier molecular flexibility index (Phi) is 3.99. The van der Waals surface area contributed by atoms with Gasteiger partial charge in [0.1, 0.15) is 11.6 Å². The van der Waals surface area contributed by atoms with Crippen molar-refractivity contribution in [1.29, 1.82) is 0 Å². The molecule has 4 nitrogen and oxygen atoms in total. The van der Waals surface area contributed by atoms with Crippen molar-refractivity contribution in [3.63, 3.8) is 0 Å². The van der Waals surface area contributed by atoms with Gasteiger partial charge in [-0.15, -0.1) is 11.3 Å². The second kappa shape index (κ2) is 6.07. The molecule has 6 heteroatoms. The summed E-state index contributed by atoms with van der Waals surface area (Å²) in [6.45, 7) is 1.09. The largest absolute Gasteiger partial charge is 0.483 e. The molecule has 0 fully saturated rings. The van der Waals surface area contributed by atoms with Crippen molar-refractivity contribution < 1.29 is 4.74 Å². The summed E-state index contributed by atoms with van der Waals surface area (Å²) in [7, 11) is 0. The summed E-state index contributed by atoms with van der Waals surface area (Å²) in [5, 5.41) is 7.89. The molecule has 0 aliphatic carbocycles. The number of rotatable bonds is 5. The number of thiazole rings is 1. The van der Waals surface area contributed by atoms with E-state index in [1.165, 1.54) is 0 Å².